The quantitative estimate of drug-likeness (QED) is 0.857. The van der Waals surface area contributed by atoms with Gasteiger partial charge in [0, 0.05) is 12.1 Å². The summed E-state index contributed by atoms with van der Waals surface area (Å²) in [4.78, 5) is 11.3. The molecule has 0 spiro atoms. The van der Waals surface area contributed by atoms with Gasteiger partial charge >= 0.3 is 5.97 Å². The summed E-state index contributed by atoms with van der Waals surface area (Å²) < 4.78 is 5.42. The molecule has 0 aliphatic heterocycles. The molecule has 2 rings (SSSR count). The number of carbonyl (C=O) groups is 1. The number of aliphatic carboxylic acids is 1. The van der Waals surface area contributed by atoms with E-state index in [1.807, 2.05) is 50.2 Å². The molecule has 0 radical (unpaired) electrons. The van der Waals surface area contributed by atoms with Gasteiger partial charge in [0.1, 0.15) is 11.8 Å². The molecule has 0 saturated heterocycles. The molecule has 0 bridgehead atoms. The van der Waals surface area contributed by atoms with E-state index in [1.54, 1.807) is 7.11 Å². The Balaban J connectivity index is 2.34. The standard InChI is InChI=1S/C17H21NO3/c1-11(2)16(17(19)20)18-10-14-13-7-5-4-6-12(13)8-9-15(14)21-3/h4-9,11,16,18H,10H2,1-3H3,(H,19,20)/t16-/m1/s1. The molecular weight excluding hydrogens is 266 g/mol. The van der Waals surface area contributed by atoms with Crippen LogP contribution in [0.15, 0.2) is 36.4 Å². The van der Waals surface area contributed by atoms with Crippen LogP contribution in [0.2, 0.25) is 0 Å². The van der Waals surface area contributed by atoms with Crippen LogP contribution in [-0.2, 0) is 11.3 Å². The van der Waals surface area contributed by atoms with Crippen LogP contribution < -0.4 is 10.1 Å². The molecule has 0 fully saturated rings. The SMILES string of the molecule is COc1ccc2ccccc2c1CN[C@@H](C(=O)O)C(C)C. The second kappa shape index (κ2) is 6.59. The van der Waals surface area contributed by atoms with Gasteiger partial charge < -0.3 is 9.84 Å². The van der Waals surface area contributed by atoms with Crippen LogP contribution in [0, 0.1) is 5.92 Å². The molecule has 1 atom stereocenters. The van der Waals surface area contributed by atoms with Crippen molar-refractivity contribution in [2.24, 2.45) is 5.92 Å². The van der Waals surface area contributed by atoms with Gasteiger partial charge in [-0.25, -0.2) is 0 Å². The monoisotopic (exact) mass is 287 g/mol. The lowest BCUT2D eigenvalue weighted by molar-refractivity contribution is -0.140. The van der Waals surface area contributed by atoms with Gasteiger partial charge in [-0.05, 0) is 22.8 Å². The second-order valence-electron chi connectivity index (χ2n) is 5.41. The Bertz CT molecular complexity index is 637. The Morgan fingerprint density at radius 1 is 1.24 bits per heavy atom. The number of carboxylic acid groups (broad SMARTS) is 1. The highest BCUT2D eigenvalue weighted by Crippen LogP contribution is 2.28. The van der Waals surface area contributed by atoms with E-state index in [1.165, 1.54) is 0 Å². The van der Waals surface area contributed by atoms with Crippen molar-refractivity contribution in [2.75, 3.05) is 7.11 Å². The van der Waals surface area contributed by atoms with Crippen LogP contribution in [-0.4, -0.2) is 24.2 Å². The zero-order chi connectivity index (χ0) is 15.4. The van der Waals surface area contributed by atoms with E-state index in [0.29, 0.717) is 6.54 Å². The van der Waals surface area contributed by atoms with Crippen molar-refractivity contribution in [3.05, 3.63) is 42.0 Å². The third-order valence-corrected chi connectivity index (χ3v) is 3.65. The summed E-state index contributed by atoms with van der Waals surface area (Å²) in [5.41, 5.74) is 0.988. The molecule has 2 aromatic carbocycles. The Kier molecular flexibility index (Phi) is 4.81. The number of hydrogen-bond donors (Lipinski definition) is 2. The molecule has 0 aliphatic rings. The van der Waals surface area contributed by atoms with Gasteiger partial charge in [-0.1, -0.05) is 44.2 Å². The van der Waals surface area contributed by atoms with Crippen molar-refractivity contribution in [3.63, 3.8) is 0 Å². The van der Waals surface area contributed by atoms with Crippen LogP contribution in [0.1, 0.15) is 19.4 Å². The van der Waals surface area contributed by atoms with Gasteiger partial charge in [0.05, 0.1) is 7.11 Å². The highest BCUT2D eigenvalue weighted by molar-refractivity contribution is 5.87. The average molecular weight is 287 g/mol. The van der Waals surface area contributed by atoms with Gasteiger partial charge in [-0.15, -0.1) is 0 Å². The summed E-state index contributed by atoms with van der Waals surface area (Å²) in [6.07, 6.45) is 0. The maximum Gasteiger partial charge on any atom is 0.320 e. The van der Waals surface area contributed by atoms with Crippen molar-refractivity contribution in [2.45, 2.75) is 26.4 Å². The van der Waals surface area contributed by atoms with Crippen LogP contribution in [0.25, 0.3) is 10.8 Å². The van der Waals surface area contributed by atoms with E-state index >= 15 is 0 Å². The van der Waals surface area contributed by atoms with Crippen molar-refractivity contribution in [1.82, 2.24) is 5.32 Å². The zero-order valence-corrected chi connectivity index (χ0v) is 12.6. The van der Waals surface area contributed by atoms with E-state index in [4.69, 9.17) is 4.74 Å². The Morgan fingerprint density at radius 2 is 1.95 bits per heavy atom. The summed E-state index contributed by atoms with van der Waals surface area (Å²) in [5.74, 6) is -0.0400. The average Bonchev–Trinajstić information content (AvgIpc) is 2.46. The predicted octanol–water partition coefficient (Wildman–Crippen LogP) is 3.05. The van der Waals surface area contributed by atoms with Gasteiger partial charge in [0.2, 0.25) is 0 Å². The molecule has 0 amide bonds. The van der Waals surface area contributed by atoms with E-state index < -0.39 is 12.0 Å². The first-order valence-corrected chi connectivity index (χ1v) is 7.05. The Hall–Kier alpha value is -2.07. The molecule has 2 aromatic rings. The fraction of sp³-hybridized carbons (Fsp3) is 0.353. The summed E-state index contributed by atoms with van der Waals surface area (Å²) >= 11 is 0. The van der Waals surface area contributed by atoms with Crippen molar-refractivity contribution in [1.29, 1.82) is 0 Å². The van der Waals surface area contributed by atoms with Crippen LogP contribution in [0.4, 0.5) is 0 Å². The Morgan fingerprint density at radius 3 is 2.57 bits per heavy atom. The van der Waals surface area contributed by atoms with E-state index in [9.17, 15) is 9.90 Å². The molecule has 4 heteroatoms. The number of carboxylic acids is 1. The molecule has 0 aliphatic carbocycles. The molecule has 0 aromatic heterocycles. The molecule has 4 nitrogen and oxygen atoms in total. The second-order valence-corrected chi connectivity index (χ2v) is 5.41. The normalized spacial score (nSPS) is 12.6. The fourth-order valence-corrected chi connectivity index (χ4v) is 2.51. The zero-order valence-electron chi connectivity index (χ0n) is 12.6. The molecular formula is C17H21NO3. The Labute approximate surface area is 124 Å². The smallest absolute Gasteiger partial charge is 0.320 e. The minimum atomic E-state index is -0.829. The maximum absolute atomic E-state index is 11.3. The van der Waals surface area contributed by atoms with Crippen LogP contribution in [0.3, 0.4) is 0 Å². The minimum absolute atomic E-state index is 0.0171. The lowest BCUT2D eigenvalue weighted by Gasteiger charge is -2.20. The van der Waals surface area contributed by atoms with Gasteiger partial charge in [-0.3, -0.25) is 10.1 Å². The van der Waals surface area contributed by atoms with Crippen LogP contribution in [0.5, 0.6) is 5.75 Å². The van der Waals surface area contributed by atoms with E-state index in [0.717, 1.165) is 22.1 Å². The summed E-state index contributed by atoms with van der Waals surface area (Å²) in [7, 11) is 1.63. The van der Waals surface area contributed by atoms with E-state index in [-0.39, 0.29) is 5.92 Å². The van der Waals surface area contributed by atoms with E-state index in [2.05, 4.69) is 5.32 Å². The first-order chi connectivity index (χ1) is 10.0. The number of methoxy groups -OCH3 is 1. The van der Waals surface area contributed by atoms with Gasteiger partial charge in [0.25, 0.3) is 0 Å². The predicted molar refractivity (Wildman–Crippen MR) is 83.6 cm³/mol. The molecule has 112 valence electrons. The summed E-state index contributed by atoms with van der Waals surface area (Å²) in [6, 6.07) is 11.4. The first-order valence-electron chi connectivity index (χ1n) is 7.05. The number of benzene rings is 2. The van der Waals surface area contributed by atoms with Crippen molar-refractivity contribution >= 4 is 16.7 Å². The van der Waals surface area contributed by atoms with Crippen molar-refractivity contribution in [3.8, 4) is 5.75 Å². The van der Waals surface area contributed by atoms with Gasteiger partial charge in [-0.2, -0.15) is 0 Å². The number of ether oxygens (including phenoxy) is 1. The highest BCUT2D eigenvalue weighted by atomic mass is 16.5. The topological polar surface area (TPSA) is 58.6 Å². The number of nitrogens with one attached hydrogen (secondary N) is 1. The molecule has 0 heterocycles. The summed E-state index contributed by atoms with van der Waals surface area (Å²) in [5, 5.41) is 14.6. The van der Waals surface area contributed by atoms with Gasteiger partial charge in [0.15, 0.2) is 0 Å². The maximum atomic E-state index is 11.3. The number of hydrogen-bond acceptors (Lipinski definition) is 3. The first kappa shape index (κ1) is 15.3. The third-order valence-electron chi connectivity index (χ3n) is 3.65. The third kappa shape index (κ3) is 3.34. The minimum Gasteiger partial charge on any atom is -0.496 e. The number of rotatable bonds is 6. The highest BCUT2D eigenvalue weighted by Gasteiger charge is 2.21. The lowest BCUT2D eigenvalue weighted by Crippen LogP contribution is -2.40. The lowest BCUT2D eigenvalue weighted by atomic mass is 10.0. The molecule has 2 N–H and O–H groups in total. The fourth-order valence-electron chi connectivity index (χ4n) is 2.51. The van der Waals surface area contributed by atoms with Crippen molar-refractivity contribution < 1.29 is 14.6 Å². The largest absolute Gasteiger partial charge is 0.496 e. The molecule has 0 saturated carbocycles. The molecule has 0 unspecified atom stereocenters. The number of fused-ring (bicyclic) bond motifs is 1. The van der Waals surface area contributed by atoms with Crippen LogP contribution >= 0.6 is 0 Å². The molecule has 21 heavy (non-hydrogen) atoms. The summed E-state index contributed by atoms with van der Waals surface area (Å²) in [6.45, 7) is 4.25.